The van der Waals surface area contributed by atoms with Gasteiger partial charge in [-0.25, -0.2) is 22.5 Å². The van der Waals surface area contributed by atoms with Crippen LogP contribution in [0, 0.1) is 11.2 Å². The Morgan fingerprint density at radius 3 is 2.95 bits per heavy atom. The van der Waals surface area contributed by atoms with Gasteiger partial charge >= 0.3 is 5.97 Å². The lowest BCUT2D eigenvalue weighted by Crippen LogP contribution is -2.49. The van der Waals surface area contributed by atoms with Crippen LogP contribution in [0.1, 0.15) is 6.92 Å². The first-order valence-electron chi connectivity index (χ1n) is 5.71. The monoisotopic (exact) mass is 304 g/mol. The van der Waals surface area contributed by atoms with Crippen LogP contribution in [0.25, 0.3) is 0 Å². The molecule has 2 atom stereocenters. The Balaban J connectivity index is 2.30. The molecule has 9 heteroatoms. The van der Waals surface area contributed by atoms with E-state index in [0.29, 0.717) is 0 Å². The van der Waals surface area contributed by atoms with Gasteiger partial charge in [-0.05, 0) is 19.1 Å². The zero-order chi connectivity index (χ0) is 15.0. The molecular formula is C11H13FN2O5S. The Hall–Kier alpha value is -1.58. The Labute approximate surface area is 114 Å². The predicted octanol–water partition coefficient (Wildman–Crippen LogP) is -0.0113. The van der Waals surface area contributed by atoms with E-state index >= 15 is 0 Å². The lowest BCUT2D eigenvalue weighted by Gasteiger charge is -2.25. The molecule has 110 valence electrons. The van der Waals surface area contributed by atoms with Crippen LogP contribution in [0.4, 0.5) is 4.39 Å². The molecule has 0 saturated carbocycles. The van der Waals surface area contributed by atoms with E-state index < -0.39 is 38.3 Å². The van der Waals surface area contributed by atoms with Crippen LogP contribution < -0.4 is 4.72 Å². The predicted molar refractivity (Wildman–Crippen MR) is 64.9 cm³/mol. The number of nitrogens with one attached hydrogen (secondary N) is 1. The number of carbonyl (C=O) groups is 1. The number of ether oxygens (including phenoxy) is 1. The molecule has 2 rings (SSSR count). The fourth-order valence-corrected chi connectivity index (χ4v) is 3.20. The summed E-state index contributed by atoms with van der Waals surface area (Å²) in [7, 11) is -4.26. The molecule has 1 aromatic rings. The number of hydrogen-bond acceptors (Lipinski definition) is 5. The molecule has 1 aliphatic heterocycles. The zero-order valence-electron chi connectivity index (χ0n) is 10.5. The molecule has 0 spiro atoms. The molecule has 0 amide bonds. The summed E-state index contributed by atoms with van der Waals surface area (Å²) in [5.74, 6) is -2.19. The quantitative estimate of drug-likeness (QED) is 0.810. The maximum absolute atomic E-state index is 13.5. The minimum Gasteiger partial charge on any atom is -0.481 e. The number of halogens is 1. The number of carboxylic acids is 1. The van der Waals surface area contributed by atoms with Crippen LogP contribution >= 0.6 is 0 Å². The fourth-order valence-electron chi connectivity index (χ4n) is 1.86. The van der Waals surface area contributed by atoms with Crippen molar-refractivity contribution in [3.05, 3.63) is 24.1 Å². The van der Waals surface area contributed by atoms with Gasteiger partial charge in [0.2, 0.25) is 5.03 Å². The van der Waals surface area contributed by atoms with E-state index in [0.717, 1.165) is 12.3 Å². The molecule has 0 aromatic carbocycles. The Kier molecular flexibility index (Phi) is 3.76. The SMILES string of the molecule is CC1(C(=O)O)COCC1NS(=O)(=O)c1ncccc1F. The van der Waals surface area contributed by atoms with Crippen LogP contribution in [0.5, 0.6) is 0 Å². The molecule has 2 N–H and O–H groups in total. The second kappa shape index (κ2) is 5.08. The average Bonchev–Trinajstić information content (AvgIpc) is 2.72. The molecule has 1 fully saturated rings. The average molecular weight is 304 g/mol. The van der Waals surface area contributed by atoms with E-state index in [1.165, 1.54) is 13.0 Å². The van der Waals surface area contributed by atoms with Crippen LogP contribution in [0.15, 0.2) is 23.4 Å². The lowest BCUT2D eigenvalue weighted by molar-refractivity contribution is -0.148. The Morgan fingerprint density at radius 1 is 1.65 bits per heavy atom. The van der Waals surface area contributed by atoms with Crippen LogP contribution in [0.2, 0.25) is 0 Å². The van der Waals surface area contributed by atoms with Gasteiger partial charge in [0.05, 0.1) is 19.3 Å². The van der Waals surface area contributed by atoms with E-state index in [1.54, 1.807) is 0 Å². The summed E-state index contributed by atoms with van der Waals surface area (Å²) in [5.41, 5.74) is -1.40. The van der Waals surface area contributed by atoms with Crippen LogP contribution in [-0.4, -0.2) is 43.7 Å². The Morgan fingerprint density at radius 2 is 2.35 bits per heavy atom. The molecule has 7 nitrogen and oxygen atoms in total. The van der Waals surface area contributed by atoms with E-state index in [4.69, 9.17) is 9.84 Å². The lowest BCUT2D eigenvalue weighted by atomic mass is 9.86. The number of aromatic nitrogens is 1. The molecule has 0 radical (unpaired) electrons. The maximum Gasteiger partial charge on any atom is 0.313 e. The number of carboxylic acid groups (broad SMARTS) is 1. The van der Waals surface area contributed by atoms with Crippen molar-refractivity contribution in [1.82, 2.24) is 9.71 Å². The summed E-state index contributed by atoms with van der Waals surface area (Å²) in [4.78, 5) is 14.7. The summed E-state index contributed by atoms with van der Waals surface area (Å²) in [6, 6.07) is 1.23. The Bertz CT molecular complexity index is 635. The van der Waals surface area contributed by atoms with Gasteiger partial charge < -0.3 is 9.84 Å². The van der Waals surface area contributed by atoms with E-state index in [1.807, 2.05) is 0 Å². The highest BCUT2D eigenvalue weighted by atomic mass is 32.2. The first-order valence-corrected chi connectivity index (χ1v) is 7.20. The number of rotatable bonds is 4. The molecular weight excluding hydrogens is 291 g/mol. The standard InChI is InChI=1S/C11H13FN2O5S/c1-11(10(15)16)6-19-5-8(11)14-20(17,18)9-7(12)3-2-4-13-9/h2-4,8,14H,5-6H2,1H3,(H,15,16). The first kappa shape index (κ1) is 14.8. The van der Waals surface area contributed by atoms with Crippen molar-refractivity contribution in [1.29, 1.82) is 0 Å². The molecule has 2 heterocycles. The molecule has 1 aliphatic rings. The topological polar surface area (TPSA) is 106 Å². The zero-order valence-corrected chi connectivity index (χ0v) is 11.4. The van der Waals surface area contributed by atoms with Gasteiger partial charge in [0.25, 0.3) is 10.0 Å². The van der Waals surface area contributed by atoms with Crippen LogP contribution in [0.3, 0.4) is 0 Å². The maximum atomic E-state index is 13.5. The second-order valence-electron chi connectivity index (χ2n) is 4.70. The molecule has 20 heavy (non-hydrogen) atoms. The van der Waals surface area contributed by atoms with Gasteiger partial charge in [-0.2, -0.15) is 0 Å². The van der Waals surface area contributed by atoms with Gasteiger partial charge in [0.15, 0.2) is 5.82 Å². The van der Waals surface area contributed by atoms with Crippen molar-refractivity contribution in [2.75, 3.05) is 13.2 Å². The van der Waals surface area contributed by atoms with E-state index in [2.05, 4.69) is 9.71 Å². The van der Waals surface area contributed by atoms with Gasteiger partial charge in [-0.3, -0.25) is 4.79 Å². The van der Waals surface area contributed by atoms with Crippen molar-refractivity contribution in [2.24, 2.45) is 5.41 Å². The van der Waals surface area contributed by atoms with Crippen molar-refractivity contribution < 1.29 is 27.4 Å². The van der Waals surface area contributed by atoms with Crippen molar-refractivity contribution in [3.8, 4) is 0 Å². The third-order valence-corrected chi connectivity index (χ3v) is 4.63. The highest BCUT2D eigenvalue weighted by Gasteiger charge is 2.48. The number of nitrogens with zero attached hydrogens (tertiary/aromatic N) is 1. The summed E-state index contributed by atoms with van der Waals surface area (Å²) in [6.07, 6.45) is 1.14. The van der Waals surface area contributed by atoms with Crippen molar-refractivity contribution in [3.63, 3.8) is 0 Å². The van der Waals surface area contributed by atoms with Crippen molar-refractivity contribution in [2.45, 2.75) is 18.0 Å². The van der Waals surface area contributed by atoms with Crippen LogP contribution in [-0.2, 0) is 19.6 Å². The highest BCUT2D eigenvalue weighted by Crippen LogP contribution is 2.29. The number of pyridine rings is 1. The third-order valence-electron chi connectivity index (χ3n) is 3.22. The van der Waals surface area contributed by atoms with E-state index in [9.17, 15) is 17.6 Å². The molecule has 0 aliphatic carbocycles. The molecule has 2 unspecified atom stereocenters. The van der Waals surface area contributed by atoms with Gasteiger partial charge in [-0.15, -0.1) is 0 Å². The van der Waals surface area contributed by atoms with Gasteiger partial charge in [-0.1, -0.05) is 0 Å². The minimum atomic E-state index is -4.26. The minimum absolute atomic E-state index is 0.101. The summed E-state index contributed by atoms with van der Waals surface area (Å²) in [5, 5.41) is 8.40. The molecule has 1 saturated heterocycles. The molecule has 1 aromatic heterocycles. The normalized spacial score (nSPS) is 26.6. The summed E-state index contributed by atoms with van der Waals surface area (Å²) in [6.45, 7) is 1.14. The molecule has 0 bridgehead atoms. The fraction of sp³-hybridized carbons (Fsp3) is 0.455. The second-order valence-corrected chi connectivity index (χ2v) is 6.33. The first-order chi connectivity index (χ1) is 9.27. The van der Waals surface area contributed by atoms with E-state index in [-0.39, 0.29) is 13.2 Å². The highest BCUT2D eigenvalue weighted by molar-refractivity contribution is 7.89. The number of sulfonamides is 1. The van der Waals surface area contributed by atoms with Crippen molar-refractivity contribution >= 4 is 16.0 Å². The van der Waals surface area contributed by atoms with Gasteiger partial charge in [0.1, 0.15) is 5.41 Å². The third kappa shape index (κ3) is 2.51. The van der Waals surface area contributed by atoms with Gasteiger partial charge in [0, 0.05) is 6.20 Å². The summed E-state index contributed by atoms with van der Waals surface area (Å²) < 4.78 is 44.8. The largest absolute Gasteiger partial charge is 0.481 e. The smallest absolute Gasteiger partial charge is 0.313 e. The number of hydrogen-bond donors (Lipinski definition) is 2. The summed E-state index contributed by atoms with van der Waals surface area (Å²) >= 11 is 0. The number of aliphatic carboxylic acids is 1.